The van der Waals surface area contributed by atoms with E-state index in [9.17, 15) is 0 Å². The van der Waals surface area contributed by atoms with E-state index in [1.165, 1.54) is 40.0 Å². The molecule has 0 bridgehead atoms. The quantitative estimate of drug-likeness (QED) is 0.274. The van der Waals surface area contributed by atoms with Crippen molar-refractivity contribution >= 4 is 40.0 Å². The Labute approximate surface area is 107 Å². The van der Waals surface area contributed by atoms with Gasteiger partial charge in [-0.05, 0) is 33.7 Å². The topological polar surface area (TPSA) is 0 Å². The molecule has 3 aromatic carbocycles. The van der Waals surface area contributed by atoms with Crippen molar-refractivity contribution in [1.29, 1.82) is 0 Å². The largest absolute Gasteiger partial charge is 0.0616 e. The number of fused-ring (bicyclic) bond motifs is 4. The SMILES string of the molecule is c1ccc2pc3c(ccc4ccccc43)cc2c1. The molecule has 1 heterocycles. The van der Waals surface area contributed by atoms with Gasteiger partial charge < -0.3 is 0 Å². The highest BCUT2D eigenvalue weighted by atomic mass is 31.0. The molecule has 18 heavy (non-hydrogen) atoms. The molecule has 84 valence electrons. The molecule has 0 aliphatic heterocycles. The summed E-state index contributed by atoms with van der Waals surface area (Å²) in [5.41, 5.74) is 0. The molecule has 0 N–H and O–H groups in total. The Balaban J connectivity index is 2.27. The maximum atomic E-state index is 2.30. The van der Waals surface area contributed by atoms with Crippen LogP contribution in [0.2, 0.25) is 0 Å². The fourth-order valence-electron chi connectivity index (χ4n) is 2.51. The van der Waals surface area contributed by atoms with Crippen LogP contribution < -0.4 is 0 Å². The van der Waals surface area contributed by atoms with Crippen LogP contribution in [0.5, 0.6) is 0 Å². The maximum absolute atomic E-state index is 2.30. The minimum absolute atomic E-state index is 1.32. The van der Waals surface area contributed by atoms with Crippen LogP contribution in [0.3, 0.4) is 0 Å². The average molecular weight is 246 g/mol. The normalized spacial score (nSPS) is 11.8. The summed E-state index contributed by atoms with van der Waals surface area (Å²) < 4.78 is 0. The highest BCUT2D eigenvalue weighted by molar-refractivity contribution is 7.43. The van der Waals surface area contributed by atoms with Gasteiger partial charge in [0, 0.05) is 10.2 Å². The van der Waals surface area contributed by atoms with E-state index < -0.39 is 0 Å². The zero-order valence-corrected chi connectivity index (χ0v) is 10.7. The van der Waals surface area contributed by atoms with Gasteiger partial charge in [0.1, 0.15) is 0 Å². The molecular formula is C17H11P. The van der Waals surface area contributed by atoms with Gasteiger partial charge in [-0.2, -0.15) is 0 Å². The van der Waals surface area contributed by atoms with Crippen LogP contribution in [-0.4, -0.2) is 0 Å². The fraction of sp³-hybridized carbons (Fsp3) is 0. The minimum Gasteiger partial charge on any atom is -0.0616 e. The van der Waals surface area contributed by atoms with Crippen molar-refractivity contribution in [3.63, 3.8) is 0 Å². The lowest BCUT2D eigenvalue weighted by atomic mass is 10.1. The fourth-order valence-corrected chi connectivity index (χ4v) is 3.77. The Morgan fingerprint density at radius 3 is 2.28 bits per heavy atom. The van der Waals surface area contributed by atoms with E-state index in [0.717, 1.165) is 0 Å². The van der Waals surface area contributed by atoms with Crippen molar-refractivity contribution in [3.05, 3.63) is 66.7 Å². The second-order valence-electron chi connectivity index (χ2n) is 4.54. The Bertz CT molecular complexity index is 872. The van der Waals surface area contributed by atoms with Gasteiger partial charge in [-0.25, -0.2) is 0 Å². The predicted octanol–water partition coefficient (Wildman–Crippen LogP) is 5.73. The third kappa shape index (κ3) is 1.43. The molecule has 4 aromatic rings. The van der Waals surface area contributed by atoms with Gasteiger partial charge in [0.15, 0.2) is 0 Å². The van der Waals surface area contributed by atoms with Crippen molar-refractivity contribution < 1.29 is 0 Å². The van der Waals surface area contributed by atoms with Crippen LogP contribution >= 0.6 is 8.19 Å². The third-order valence-corrected chi connectivity index (χ3v) is 4.78. The van der Waals surface area contributed by atoms with Gasteiger partial charge in [-0.1, -0.05) is 62.8 Å². The van der Waals surface area contributed by atoms with Gasteiger partial charge in [-0.3, -0.25) is 0 Å². The Morgan fingerprint density at radius 2 is 1.33 bits per heavy atom. The number of rotatable bonds is 0. The Hall–Kier alpha value is -1.91. The zero-order valence-electron chi connectivity index (χ0n) is 9.80. The van der Waals surface area contributed by atoms with Crippen molar-refractivity contribution in [3.8, 4) is 0 Å². The van der Waals surface area contributed by atoms with E-state index in [0.29, 0.717) is 0 Å². The molecule has 4 rings (SSSR count). The van der Waals surface area contributed by atoms with Crippen molar-refractivity contribution in [2.75, 3.05) is 0 Å². The molecule has 0 aliphatic rings. The predicted molar refractivity (Wildman–Crippen MR) is 81.5 cm³/mol. The molecule has 1 heteroatoms. The van der Waals surface area contributed by atoms with E-state index in [2.05, 4.69) is 66.7 Å². The second kappa shape index (κ2) is 3.80. The molecular weight excluding hydrogens is 235 g/mol. The lowest BCUT2D eigenvalue weighted by molar-refractivity contribution is 1.81. The van der Waals surface area contributed by atoms with Crippen LogP contribution in [0, 0.1) is 0 Å². The molecule has 0 amide bonds. The second-order valence-corrected chi connectivity index (χ2v) is 5.69. The van der Waals surface area contributed by atoms with E-state index in [1.54, 1.807) is 0 Å². The first-order valence-electron chi connectivity index (χ1n) is 6.09. The molecule has 1 aromatic heterocycles. The monoisotopic (exact) mass is 246 g/mol. The van der Waals surface area contributed by atoms with E-state index in [1.807, 2.05) is 0 Å². The summed E-state index contributed by atoms with van der Waals surface area (Å²) in [7, 11) is 1.32. The summed E-state index contributed by atoms with van der Waals surface area (Å²) in [6.07, 6.45) is 0. The summed E-state index contributed by atoms with van der Waals surface area (Å²) in [6.45, 7) is 0. The molecule has 0 saturated heterocycles. The summed E-state index contributed by atoms with van der Waals surface area (Å²) in [5.74, 6) is 0. The van der Waals surface area contributed by atoms with Crippen LogP contribution in [0.1, 0.15) is 0 Å². The number of hydrogen-bond acceptors (Lipinski definition) is 0. The van der Waals surface area contributed by atoms with Crippen molar-refractivity contribution in [2.45, 2.75) is 0 Å². The van der Waals surface area contributed by atoms with Gasteiger partial charge >= 0.3 is 0 Å². The van der Waals surface area contributed by atoms with Crippen molar-refractivity contribution in [1.82, 2.24) is 0 Å². The number of benzene rings is 3. The van der Waals surface area contributed by atoms with Crippen LogP contribution in [0.15, 0.2) is 66.7 Å². The molecule has 0 unspecified atom stereocenters. The van der Waals surface area contributed by atoms with Gasteiger partial charge in [0.25, 0.3) is 0 Å². The standard InChI is InChI=1S/C17H11P/c1-3-7-15-12(5-1)9-10-14-11-13-6-2-4-8-16(13)18-17(14)15/h1-11H. The molecule has 0 nitrogen and oxygen atoms in total. The van der Waals surface area contributed by atoms with E-state index in [-0.39, 0.29) is 0 Å². The molecule has 0 atom stereocenters. The van der Waals surface area contributed by atoms with E-state index >= 15 is 0 Å². The molecule has 0 aliphatic carbocycles. The molecule has 0 spiro atoms. The van der Waals surface area contributed by atoms with Gasteiger partial charge in [0.05, 0.1) is 0 Å². The third-order valence-electron chi connectivity index (χ3n) is 3.41. The lowest BCUT2D eigenvalue weighted by Crippen LogP contribution is -1.75. The van der Waals surface area contributed by atoms with Crippen LogP contribution in [-0.2, 0) is 0 Å². The first-order valence-corrected chi connectivity index (χ1v) is 6.98. The van der Waals surface area contributed by atoms with Crippen LogP contribution in [0.4, 0.5) is 0 Å². The lowest BCUT2D eigenvalue weighted by Gasteiger charge is -2.05. The first kappa shape index (κ1) is 10.1. The highest BCUT2D eigenvalue weighted by Gasteiger charge is 2.02. The van der Waals surface area contributed by atoms with Crippen LogP contribution in [0.25, 0.3) is 31.8 Å². The minimum atomic E-state index is 1.32. The molecule has 0 fully saturated rings. The van der Waals surface area contributed by atoms with Gasteiger partial charge in [0.2, 0.25) is 0 Å². The highest BCUT2D eigenvalue weighted by Crippen LogP contribution is 2.36. The first-order chi connectivity index (χ1) is 8.92. The number of hydrogen-bond donors (Lipinski definition) is 0. The van der Waals surface area contributed by atoms with E-state index in [4.69, 9.17) is 0 Å². The average Bonchev–Trinajstić information content (AvgIpc) is 2.45. The summed E-state index contributed by atoms with van der Waals surface area (Å²) in [5, 5.41) is 8.25. The Kier molecular flexibility index (Phi) is 2.12. The summed E-state index contributed by atoms with van der Waals surface area (Å²) in [4.78, 5) is 0. The zero-order chi connectivity index (χ0) is 11.9. The molecule has 0 saturated carbocycles. The van der Waals surface area contributed by atoms with Gasteiger partial charge in [-0.15, -0.1) is 0 Å². The maximum Gasteiger partial charge on any atom is 0.0175 e. The van der Waals surface area contributed by atoms with Crippen molar-refractivity contribution in [2.24, 2.45) is 0 Å². The molecule has 0 radical (unpaired) electrons. The smallest absolute Gasteiger partial charge is 0.0175 e. The summed E-state index contributed by atoms with van der Waals surface area (Å²) >= 11 is 0. The Morgan fingerprint density at radius 1 is 0.611 bits per heavy atom. The summed E-state index contributed by atoms with van der Waals surface area (Å²) in [6, 6.07) is 24.0.